The normalized spacial score (nSPS) is 10.4. The standard InChI is InChI=1S/C8H9BrO3S.C2H6/c1-13(10,11)12-6-7-2-4-8(9)5-3-7;1-2/h2-5H,6H2,1H3;1-2H3. The van der Waals surface area contributed by atoms with Gasteiger partial charge < -0.3 is 0 Å². The van der Waals surface area contributed by atoms with Crippen molar-refractivity contribution in [2.24, 2.45) is 0 Å². The first-order valence-electron chi connectivity index (χ1n) is 4.56. The van der Waals surface area contributed by atoms with Gasteiger partial charge in [-0.3, -0.25) is 4.18 Å². The summed E-state index contributed by atoms with van der Waals surface area (Å²) in [7, 11) is -3.34. The zero-order valence-corrected chi connectivity index (χ0v) is 11.4. The molecule has 3 nitrogen and oxygen atoms in total. The molecule has 0 aliphatic carbocycles. The maximum Gasteiger partial charge on any atom is 0.264 e. The second-order valence-electron chi connectivity index (χ2n) is 2.59. The minimum atomic E-state index is -3.34. The molecule has 0 unspecified atom stereocenters. The quantitative estimate of drug-likeness (QED) is 0.805. The summed E-state index contributed by atoms with van der Waals surface area (Å²) in [6, 6.07) is 7.27. The van der Waals surface area contributed by atoms with Gasteiger partial charge in [0.2, 0.25) is 0 Å². The molecule has 0 aliphatic rings. The molecule has 0 radical (unpaired) electrons. The zero-order chi connectivity index (χ0) is 11.9. The van der Waals surface area contributed by atoms with Crippen molar-refractivity contribution in [2.45, 2.75) is 20.5 Å². The third-order valence-corrected chi connectivity index (χ3v) is 2.43. The third kappa shape index (κ3) is 7.53. The predicted molar refractivity (Wildman–Crippen MR) is 65.1 cm³/mol. The monoisotopic (exact) mass is 294 g/mol. The molecule has 0 heterocycles. The van der Waals surface area contributed by atoms with Gasteiger partial charge in [0.1, 0.15) is 0 Å². The van der Waals surface area contributed by atoms with E-state index in [1.165, 1.54) is 0 Å². The van der Waals surface area contributed by atoms with Gasteiger partial charge in [0.25, 0.3) is 10.1 Å². The lowest BCUT2D eigenvalue weighted by Crippen LogP contribution is -2.02. The molecular formula is C10H15BrO3S. The van der Waals surface area contributed by atoms with Gasteiger partial charge in [-0.05, 0) is 17.7 Å². The summed E-state index contributed by atoms with van der Waals surface area (Å²) in [5, 5.41) is 0. The fraction of sp³-hybridized carbons (Fsp3) is 0.400. The molecule has 15 heavy (non-hydrogen) atoms. The lowest BCUT2D eigenvalue weighted by molar-refractivity contribution is 0.311. The molecule has 0 aliphatic heterocycles. The summed E-state index contributed by atoms with van der Waals surface area (Å²) < 4.78 is 26.8. The molecule has 1 aromatic rings. The minimum absolute atomic E-state index is 0.0894. The van der Waals surface area contributed by atoms with Crippen LogP contribution in [0.5, 0.6) is 0 Å². The van der Waals surface area contributed by atoms with Gasteiger partial charge in [-0.1, -0.05) is 41.9 Å². The van der Waals surface area contributed by atoms with E-state index < -0.39 is 10.1 Å². The molecule has 0 atom stereocenters. The van der Waals surface area contributed by atoms with Crippen LogP contribution in [0.1, 0.15) is 19.4 Å². The molecule has 0 saturated heterocycles. The van der Waals surface area contributed by atoms with Gasteiger partial charge >= 0.3 is 0 Å². The van der Waals surface area contributed by atoms with Crippen molar-refractivity contribution < 1.29 is 12.6 Å². The summed E-state index contributed by atoms with van der Waals surface area (Å²) in [6.07, 6.45) is 1.03. The Morgan fingerprint density at radius 3 is 2.07 bits per heavy atom. The average Bonchev–Trinajstić information content (AvgIpc) is 2.19. The van der Waals surface area contributed by atoms with Crippen LogP contribution in [0.4, 0.5) is 0 Å². The van der Waals surface area contributed by atoms with Crippen LogP contribution in [0.2, 0.25) is 0 Å². The van der Waals surface area contributed by atoms with E-state index in [2.05, 4.69) is 20.1 Å². The Balaban J connectivity index is 0.000000921. The number of halogens is 1. The smallest absolute Gasteiger partial charge is 0.264 e. The van der Waals surface area contributed by atoms with Crippen molar-refractivity contribution in [1.82, 2.24) is 0 Å². The first-order valence-corrected chi connectivity index (χ1v) is 7.17. The number of hydrogen-bond donors (Lipinski definition) is 0. The van der Waals surface area contributed by atoms with Crippen LogP contribution in [0.25, 0.3) is 0 Å². The van der Waals surface area contributed by atoms with Crippen molar-refractivity contribution in [3.8, 4) is 0 Å². The van der Waals surface area contributed by atoms with E-state index in [4.69, 9.17) is 0 Å². The summed E-state index contributed by atoms with van der Waals surface area (Å²) in [5.41, 5.74) is 0.827. The lowest BCUT2D eigenvalue weighted by Gasteiger charge is -2.00. The van der Waals surface area contributed by atoms with Crippen LogP contribution < -0.4 is 0 Å². The van der Waals surface area contributed by atoms with E-state index in [0.717, 1.165) is 16.3 Å². The average molecular weight is 295 g/mol. The second kappa shape index (κ2) is 6.98. The predicted octanol–water partition coefficient (Wildman–Crippen LogP) is 2.95. The Morgan fingerprint density at radius 2 is 1.67 bits per heavy atom. The van der Waals surface area contributed by atoms with Crippen LogP contribution in [0.15, 0.2) is 28.7 Å². The highest BCUT2D eigenvalue weighted by Crippen LogP contribution is 2.11. The van der Waals surface area contributed by atoms with Crippen molar-refractivity contribution in [2.75, 3.05) is 6.26 Å². The van der Waals surface area contributed by atoms with E-state index in [1.54, 1.807) is 12.1 Å². The second-order valence-corrected chi connectivity index (χ2v) is 5.15. The molecule has 0 bridgehead atoms. The molecular weight excluding hydrogens is 280 g/mol. The van der Waals surface area contributed by atoms with E-state index in [0.29, 0.717) is 0 Å². The SMILES string of the molecule is CC.CS(=O)(=O)OCc1ccc(Br)cc1. The maximum absolute atomic E-state index is 10.6. The fourth-order valence-corrected chi connectivity index (χ4v) is 1.37. The van der Waals surface area contributed by atoms with E-state index in [1.807, 2.05) is 26.0 Å². The Hall–Kier alpha value is -0.390. The molecule has 0 amide bonds. The van der Waals surface area contributed by atoms with Gasteiger partial charge in [0.05, 0.1) is 12.9 Å². The van der Waals surface area contributed by atoms with Crippen LogP contribution in [0.3, 0.4) is 0 Å². The van der Waals surface area contributed by atoms with E-state index >= 15 is 0 Å². The van der Waals surface area contributed by atoms with Crippen molar-refractivity contribution >= 4 is 26.0 Å². The molecule has 1 aromatic carbocycles. The van der Waals surface area contributed by atoms with Crippen molar-refractivity contribution in [3.63, 3.8) is 0 Å². The number of rotatable bonds is 3. The fourth-order valence-electron chi connectivity index (χ4n) is 0.756. The van der Waals surface area contributed by atoms with Gasteiger partial charge in [-0.25, -0.2) is 0 Å². The van der Waals surface area contributed by atoms with Gasteiger partial charge in [0, 0.05) is 4.47 Å². The van der Waals surface area contributed by atoms with Crippen molar-refractivity contribution in [1.29, 1.82) is 0 Å². The Bertz CT molecular complexity index is 370. The van der Waals surface area contributed by atoms with Crippen LogP contribution >= 0.6 is 15.9 Å². The molecule has 0 spiro atoms. The summed E-state index contributed by atoms with van der Waals surface area (Å²) in [6.45, 7) is 4.09. The van der Waals surface area contributed by atoms with Gasteiger partial charge in [0.15, 0.2) is 0 Å². The number of benzene rings is 1. The molecule has 0 fully saturated rings. The van der Waals surface area contributed by atoms with Crippen LogP contribution in [-0.4, -0.2) is 14.7 Å². The van der Waals surface area contributed by atoms with Crippen LogP contribution in [0, 0.1) is 0 Å². The third-order valence-electron chi connectivity index (χ3n) is 1.35. The highest BCUT2D eigenvalue weighted by molar-refractivity contribution is 9.10. The van der Waals surface area contributed by atoms with Gasteiger partial charge in [-0.2, -0.15) is 8.42 Å². The van der Waals surface area contributed by atoms with E-state index in [9.17, 15) is 8.42 Å². The summed E-state index contributed by atoms with van der Waals surface area (Å²) >= 11 is 3.28. The highest BCUT2D eigenvalue weighted by Gasteiger charge is 2.01. The Morgan fingerprint density at radius 1 is 1.20 bits per heavy atom. The molecule has 0 aromatic heterocycles. The molecule has 0 saturated carbocycles. The largest absolute Gasteiger partial charge is 0.265 e. The Labute approximate surface area is 99.7 Å². The summed E-state index contributed by atoms with van der Waals surface area (Å²) in [4.78, 5) is 0. The van der Waals surface area contributed by atoms with Crippen molar-refractivity contribution in [3.05, 3.63) is 34.3 Å². The minimum Gasteiger partial charge on any atom is -0.265 e. The van der Waals surface area contributed by atoms with Gasteiger partial charge in [-0.15, -0.1) is 0 Å². The molecule has 0 N–H and O–H groups in total. The zero-order valence-electron chi connectivity index (χ0n) is 9.03. The highest BCUT2D eigenvalue weighted by atomic mass is 79.9. The molecule has 1 rings (SSSR count). The maximum atomic E-state index is 10.6. The first-order chi connectivity index (χ1) is 6.97. The first kappa shape index (κ1) is 14.6. The number of hydrogen-bond acceptors (Lipinski definition) is 3. The summed E-state index contributed by atoms with van der Waals surface area (Å²) in [5.74, 6) is 0. The topological polar surface area (TPSA) is 43.4 Å². The molecule has 5 heteroatoms. The molecule has 86 valence electrons. The van der Waals surface area contributed by atoms with Crippen LogP contribution in [-0.2, 0) is 20.9 Å². The lowest BCUT2D eigenvalue weighted by atomic mass is 10.2. The van der Waals surface area contributed by atoms with E-state index in [-0.39, 0.29) is 6.61 Å². The Kier molecular flexibility index (Phi) is 6.80.